The Bertz CT molecular complexity index is 676. The summed E-state index contributed by atoms with van der Waals surface area (Å²) in [6.45, 7) is 4.22. The zero-order valence-electron chi connectivity index (χ0n) is 12.6. The number of rotatable bonds is 4. The summed E-state index contributed by atoms with van der Waals surface area (Å²) in [6, 6.07) is 1.61. The van der Waals surface area contributed by atoms with Gasteiger partial charge in [0.1, 0.15) is 11.3 Å². The molecule has 1 amide bonds. The molecule has 0 atom stereocenters. The summed E-state index contributed by atoms with van der Waals surface area (Å²) in [5.74, 6) is -0.203. The number of aromatic amines is 1. The molecule has 0 spiro atoms. The van der Waals surface area contributed by atoms with Crippen LogP contribution < -0.4 is 4.72 Å². The Morgan fingerprint density at radius 3 is 2.59 bits per heavy atom. The number of likely N-dealkylation sites (tertiary alicyclic amines) is 1. The summed E-state index contributed by atoms with van der Waals surface area (Å²) in [6.07, 6.45) is 0.933. The van der Waals surface area contributed by atoms with Crippen LogP contribution in [-0.2, 0) is 14.8 Å². The largest absolute Gasteiger partial charge is 0.342 e. The van der Waals surface area contributed by atoms with Gasteiger partial charge in [0.05, 0.1) is 17.5 Å². The van der Waals surface area contributed by atoms with E-state index in [9.17, 15) is 13.2 Å². The number of nitriles is 1. The van der Waals surface area contributed by atoms with Crippen LogP contribution in [0.2, 0.25) is 0 Å². The highest BCUT2D eigenvalue weighted by Crippen LogP contribution is 2.19. The van der Waals surface area contributed by atoms with Crippen LogP contribution in [0.25, 0.3) is 0 Å². The van der Waals surface area contributed by atoms with E-state index in [4.69, 9.17) is 5.26 Å². The molecular weight excluding hydrogens is 306 g/mol. The monoisotopic (exact) mass is 325 g/mol. The molecule has 1 aromatic heterocycles. The smallest absolute Gasteiger partial charge is 0.244 e. The van der Waals surface area contributed by atoms with Crippen LogP contribution in [0.1, 0.15) is 30.7 Å². The van der Waals surface area contributed by atoms with Gasteiger partial charge in [0.2, 0.25) is 15.9 Å². The number of amides is 1. The third-order valence-corrected chi connectivity index (χ3v) is 5.51. The molecule has 2 N–H and O–H groups in total. The van der Waals surface area contributed by atoms with Gasteiger partial charge >= 0.3 is 0 Å². The number of aromatic nitrogens is 2. The van der Waals surface area contributed by atoms with E-state index in [2.05, 4.69) is 14.9 Å². The Morgan fingerprint density at radius 1 is 1.45 bits per heavy atom. The molecule has 1 aliphatic heterocycles. The minimum absolute atomic E-state index is 0.135. The molecule has 1 saturated heterocycles. The van der Waals surface area contributed by atoms with Gasteiger partial charge in [-0.3, -0.25) is 9.89 Å². The lowest BCUT2D eigenvalue weighted by atomic mass is 10.1. The van der Waals surface area contributed by atoms with Crippen molar-refractivity contribution < 1.29 is 13.2 Å². The minimum Gasteiger partial charge on any atom is -0.342 e. The molecule has 22 heavy (non-hydrogen) atoms. The number of hydrogen-bond donors (Lipinski definition) is 2. The Balaban J connectivity index is 1.99. The summed E-state index contributed by atoms with van der Waals surface area (Å²) in [5, 5.41) is 15.1. The van der Waals surface area contributed by atoms with Gasteiger partial charge in [-0.2, -0.15) is 10.4 Å². The number of piperidine rings is 1. The second kappa shape index (κ2) is 6.46. The van der Waals surface area contributed by atoms with Gasteiger partial charge < -0.3 is 4.90 Å². The fourth-order valence-electron chi connectivity index (χ4n) is 2.64. The van der Waals surface area contributed by atoms with Gasteiger partial charge in [0.15, 0.2) is 0 Å². The van der Waals surface area contributed by atoms with Gasteiger partial charge in [0, 0.05) is 19.1 Å². The van der Waals surface area contributed by atoms with Crippen LogP contribution in [0, 0.1) is 25.2 Å². The molecule has 0 bridgehead atoms. The van der Waals surface area contributed by atoms with E-state index in [-0.39, 0.29) is 23.3 Å². The lowest BCUT2D eigenvalue weighted by molar-refractivity contribution is -0.131. The minimum atomic E-state index is -3.63. The van der Waals surface area contributed by atoms with Gasteiger partial charge in [-0.05, 0) is 26.7 Å². The van der Waals surface area contributed by atoms with Gasteiger partial charge in [-0.15, -0.1) is 0 Å². The van der Waals surface area contributed by atoms with Crippen molar-refractivity contribution in [1.82, 2.24) is 19.8 Å². The molecule has 2 rings (SSSR count). The average Bonchev–Trinajstić information content (AvgIpc) is 2.79. The highest BCUT2D eigenvalue weighted by atomic mass is 32.2. The molecule has 0 aromatic carbocycles. The van der Waals surface area contributed by atoms with Crippen LogP contribution >= 0.6 is 0 Å². The van der Waals surface area contributed by atoms with Crippen molar-refractivity contribution in [3.63, 3.8) is 0 Å². The van der Waals surface area contributed by atoms with Crippen LogP contribution in [0.5, 0.6) is 0 Å². The molecule has 8 nitrogen and oxygen atoms in total. The van der Waals surface area contributed by atoms with E-state index in [1.54, 1.807) is 18.7 Å². The van der Waals surface area contributed by atoms with E-state index in [1.165, 1.54) is 0 Å². The molecule has 1 aromatic rings. The molecule has 1 fully saturated rings. The Labute approximate surface area is 129 Å². The lowest BCUT2D eigenvalue weighted by Gasteiger charge is -2.31. The maximum atomic E-state index is 12.4. The van der Waals surface area contributed by atoms with Gasteiger partial charge in [0.25, 0.3) is 0 Å². The third kappa shape index (κ3) is 3.45. The Morgan fingerprint density at radius 2 is 2.09 bits per heavy atom. The van der Waals surface area contributed by atoms with Crippen molar-refractivity contribution in [2.45, 2.75) is 44.0 Å². The van der Waals surface area contributed by atoms with E-state index < -0.39 is 10.0 Å². The quantitative estimate of drug-likeness (QED) is 0.820. The summed E-state index contributed by atoms with van der Waals surface area (Å²) in [5.41, 5.74) is 0.943. The maximum absolute atomic E-state index is 12.4. The molecule has 0 saturated carbocycles. The van der Waals surface area contributed by atoms with Gasteiger partial charge in [-0.25, -0.2) is 13.1 Å². The fourth-order valence-corrected chi connectivity index (χ4v) is 4.32. The number of hydrogen-bond acceptors (Lipinski definition) is 5. The summed E-state index contributed by atoms with van der Waals surface area (Å²) in [4.78, 5) is 13.4. The molecule has 2 heterocycles. The Kier molecular flexibility index (Phi) is 4.83. The predicted molar refractivity (Wildman–Crippen MR) is 78.2 cm³/mol. The van der Waals surface area contributed by atoms with Crippen LogP contribution in [0.3, 0.4) is 0 Å². The molecule has 0 aliphatic carbocycles. The molecule has 1 aliphatic rings. The Hall–Kier alpha value is -1.92. The van der Waals surface area contributed by atoms with Crippen molar-refractivity contribution in [3.8, 4) is 6.07 Å². The first-order valence-electron chi connectivity index (χ1n) is 7.03. The van der Waals surface area contributed by atoms with E-state index in [1.807, 2.05) is 6.07 Å². The molecule has 0 radical (unpaired) electrons. The van der Waals surface area contributed by atoms with Crippen molar-refractivity contribution >= 4 is 15.9 Å². The van der Waals surface area contributed by atoms with Crippen molar-refractivity contribution in [3.05, 3.63) is 11.4 Å². The number of carbonyl (C=O) groups is 1. The summed E-state index contributed by atoms with van der Waals surface area (Å²) < 4.78 is 27.5. The topological polar surface area (TPSA) is 119 Å². The predicted octanol–water partition coefficient (Wildman–Crippen LogP) is 0.210. The van der Waals surface area contributed by atoms with E-state index >= 15 is 0 Å². The van der Waals surface area contributed by atoms with Crippen LogP contribution in [0.4, 0.5) is 0 Å². The molecule has 9 heteroatoms. The first-order valence-corrected chi connectivity index (χ1v) is 8.52. The highest BCUT2D eigenvalue weighted by Gasteiger charge is 2.29. The number of nitrogens with zero attached hydrogens (tertiary/aromatic N) is 3. The third-order valence-electron chi connectivity index (χ3n) is 3.73. The van der Waals surface area contributed by atoms with Gasteiger partial charge in [-0.1, -0.05) is 0 Å². The van der Waals surface area contributed by atoms with Crippen LogP contribution in [0.15, 0.2) is 4.90 Å². The van der Waals surface area contributed by atoms with Crippen molar-refractivity contribution in [1.29, 1.82) is 5.26 Å². The normalized spacial score (nSPS) is 16.5. The van der Waals surface area contributed by atoms with Crippen molar-refractivity contribution in [2.75, 3.05) is 13.1 Å². The fraction of sp³-hybridized carbons (Fsp3) is 0.615. The number of aryl methyl sites for hydroxylation is 2. The second-order valence-corrected chi connectivity index (χ2v) is 7.03. The lowest BCUT2D eigenvalue weighted by Crippen LogP contribution is -2.46. The highest BCUT2D eigenvalue weighted by molar-refractivity contribution is 7.89. The molecule has 120 valence electrons. The number of carbonyl (C=O) groups excluding carboxylic acids is 1. The van der Waals surface area contributed by atoms with Crippen LogP contribution in [-0.4, -0.2) is 48.6 Å². The van der Waals surface area contributed by atoms with E-state index in [0.29, 0.717) is 37.3 Å². The zero-order chi connectivity index (χ0) is 16.3. The SMILES string of the molecule is Cc1n[nH]c(C)c1S(=O)(=O)NC1CCN(C(=O)CC#N)CC1. The second-order valence-electron chi connectivity index (χ2n) is 5.37. The summed E-state index contributed by atoms with van der Waals surface area (Å²) in [7, 11) is -3.63. The standard InChI is InChI=1S/C13H19N5O3S/c1-9-13(10(2)16-15-9)22(20,21)17-11-4-7-18(8-5-11)12(19)3-6-14/h11,17H,3-5,7-8H2,1-2H3,(H,15,16). The van der Waals surface area contributed by atoms with E-state index in [0.717, 1.165) is 0 Å². The molecular formula is C13H19N5O3S. The number of sulfonamides is 1. The summed E-state index contributed by atoms with van der Waals surface area (Å²) >= 11 is 0. The maximum Gasteiger partial charge on any atom is 0.244 e. The molecule has 0 unspecified atom stereocenters. The number of H-pyrrole nitrogens is 1. The number of nitrogens with one attached hydrogen (secondary N) is 2. The van der Waals surface area contributed by atoms with Crippen molar-refractivity contribution in [2.24, 2.45) is 0 Å². The first-order chi connectivity index (χ1) is 10.3. The first kappa shape index (κ1) is 16.5. The average molecular weight is 325 g/mol. The zero-order valence-corrected chi connectivity index (χ0v) is 13.4.